The van der Waals surface area contributed by atoms with Gasteiger partial charge in [0.05, 0.1) is 10.9 Å². The third-order valence-electron chi connectivity index (χ3n) is 9.50. The van der Waals surface area contributed by atoms with E-state index in [1.807, 2.05) is 12.1 Å². The van der Waals surface area contributed by atoms with E-state index in [9.17, 15) is 5.11 Å². The molecular weight excluding hydrogens is 595 g/mol. The van der Waals surface area contributed by atoms with Crippen LogP contribution in [0, 0.1) is 0 Å². The molecule has 5 aromatic rings. The summed E-state index contributed by atoms with van der Waals surface area (Å²) in [6.07, 6.45) is 15.8. The maximum Gasteiger partial charge on any atom is 0.214 e. The van der Waals surface area contributed by atoms with Gasteiger partial charge in [-0.2, -0.15) is 4.58 Å². The molecule has 0 saturated carbocycles. The van der Waals surface area contributed by atoms with Crippen LogP contribution in [0.5, 0.6) is 0 Å². The summed E-state index contributed by atoms with van der Waals surface area (Å²) in [4.78, 5) is 0. The highest BCUT2D eigenvalue weighted by Gasteiger charge is 2.31. The number of aliphatic hydroxyl groups excluding tert-OH is 1. The van der Waals surface area contributed by atoms with Crippen molar-refractivity contribution in [1.82, 2.24) is 4.57 Å². The highest BCUT2D eigenvalue weighted by molar-refractivity contribution is 6.37. The first-order valence-electron chi connectivity index (χ1n) is 16.4. The minimum atomic E-state index is 0.406. The van der Waals surface area contributed by atoms with Gasteiger partial charge in [-0.05, 0) is 73.2 Å². The second-order valence-corrected chi connectivity index (χ2v) is 13.1. The van der Waals surface area contributed by atoms with Crippen molar-refractivity contribution in [2.24, 2.45) is 0 Å². The molecule has 0 spiro atoms. The van der Waals surface area contributed by atoms with Crippen LogP contribution in [-0.2, 0) is 6.54 Å². The molecule has 5 heteroatoms. The smallest absolute Gasteiger partial charge is 0.214 e. The molecule has 228 valence electrons. The second kappa shape index (κ2) is 12.5. The molecule has 1 aromatic heterocycles. The maximum atomic E-state index is 11.6. The normalized spacial score (nSPS) is 16.7. The molecule has 0 bridgehead atoms. The number of nitrogens with zero attached hydrogens (tertiary/aromatic N) is 2. The van der Waals surface area contributed by atoms with Gasteiger partial charge in [0.2, 0.25) is 11.4 Å². The highest BCUT2D eigenvalue weighted by Crippen LogP contribution is 2.39. The highest BCUT2D eigenvalue weighted by atomic mass is 35.5. The summed E-state index contributed by atoms with van der Waals surface area (Å²) >= 11 is 13.2. The first kappa shape index (κ1) is 29.9. The number of hydrogen-bond donors (Lipinski definition) is 1. The first-order valence-corrected chi connectivity index (χ1v) is 17.1. The SMILES string of the molecule is CCCCn1/c(=C/C=C2\CCCC(/C=C/C3=[N+](CCCC)c4ccc(Cl)c5cccc3c45)=C2O)c2cccc3c(Cl)ccc1c32. The fourth-order valence-electron chi connectivity index (χ4n) is 7.20. The molecule has 0 fully saturated rings. The largest absolute Gasteiger partial charge is 0.507 e. The molecule has 4 aromatic carbocycles. The van der Waals surface area contributed by atoms with Crippen LogP contribution in [0.2, 0.25) is 10.0 Å². The van der Waals surface area contributed by atoms with Gasteiger partial charge in [-0.15, -0.1) is 0 Å². The van der Waals surface area contributed by atoms with E-state index in [1.165, 1.54) is 44.0 Å². The number of rotatable bonds is 9. The number of aryl methyl sites for hydroxylation is 1. The lowest BCUT2D eigenvalue weighted by molar-refractivity contribution is -0.436. The summed E-state index contributed by atoms with van der Waals surface area (Å²) in [6.45, 7) is 6.35. The molecule has 0 radical (unpaired) electrons. The Balaban J connectivity index is 1.30. The fourth-order valence-corrected chi connectivity index (χ4v) is 7.64. The van der Waals surface area contributed by atoms with Gasteiger partial charge in [-0.25, -0.2) is 0 Å². The molecular formula is C40H39Cl2N2O+. The van der Waals surface area contributed by atoms with Gasteiger partial charge in [0.25, 0.3) is 0 Å². The number of halogens is 2. The monoisotopic (exact) mass is 633 g/mol. The van der Waals surface area contributed by atoms with E-state index in [0.29, 0.717) is 5.76 Å². The molecule has 0 saturated heterocycles. The lowest BCUT2D eigenvalue weighted by Crippen LogP contribution is -2.16. The third-order valence-corrected chi connectivity index (χ3v) is 10.2. The zero-order valence-corrected chi connectivity index (χ0v) is 27.6. The van der Waals surface area contributed by atoms with Crippen LogP contribution >= 0.6 is 23.2 Å². The van der Waals surface area contributed by atoms with E-state index < -0.39 is 0 Å². The van der Waals surface area contributed by atoms with E-state index in [-0.39, 0.29) is 0 Å². The fraction of sp³-hybridized carbons (Fsp3) is 0.275. The topological polar surface area (TPSA) is 28.2 Å². The first-order chi connectivity index (χ1) is 22.0. The maximum absolute atomic E-state index is 11.6. The van der Waals surface area contributed by atoms with Gasteiger partial charge in [0.15, 0.2) is 0 Å². The Morgan fingerprint density at radius 3 is 2.33 bits per heavy atom. The standard InChI is InChI=1S/C40H38Cl2N2O/c1-3-5-24-43-34(30-14-8-12-28-32(41)18-22-36(43)38(28)30)20-16-26-10-7-11-27(40(26)45)17-21-35-31-15-9-13-29-33(42)19-23-37(39(29)31)44(35)25-6-4-2/h8-9,12-23H,3-7,10-11,24-25H2,1-2H3/p+1/b26-16+,34-20+. The zero-order valence-electron chi connectivity index (χ0n) is 26.0. The van der Waals surface area contributed by atoms with Crippen LogP contribution < -0.4 is 5.35 Å². The predicted molar refractivity (Wildman–Crippen MR) is 193 cm³/mol. The number of aromatic nitrogens is 1. The number of hydrogen-bond acceptors (Lipinski definition) is 1. The van der Waals surface area contributed by atoms with E-state index in [2.05, 4.69) is 95.8 Å². The van der Waals surface area contributed by atoms with Gasteiger partial charge in [0.1, 0.15) is 12.3 Å². The van der Waals surface area contributed by atoms with Crippen molar-refractivity contribution in [3.05, 3.63) is 117 Å². The Kier molecular flexibility index (Phi) is 8.33. The molecule has 0 amide bonds. The minimum absolute atomic E-state index is 0.406. The van der Waals surface area contributed by atoms with Crippen molar-refractivity contribution in [1.29, 1.82) is 0 Å². The van der Waals surface area contributed by atoms with Crippen LogP contribution in [0.4, 0.5) is 5.69 Å². The number of allylic oxidation sites excluding steroid dienone is 5. The van der Waals surface area contributed by atoms with E-state index in [0.717, 1.165) is 90.0 Å². The molecule has 0 atom stereocenters. The summed E-state index contributed by atoms with van der Waals surface area (Å²) < 4.78 is 4.84. The Morgan fingerprint density at radius 1 is 0.800 bits per heavy atom. The van der Waals surface area contributed by atoms with Crippen LogP contribution in [-0.4, -0.2) is 26.5 Å². The van der Waals surface area contributed by atoms with Gasteiger partial charge in [-0.1, -0.05) is 86.3 Å². The minimum Gasteiger partial charge on any atom is -0.507 e. The van der Waals surface area contributed by atoms with Crippen LogP contribution in [0.3, 0.4) is 0 Å². The van der Waals surface area contributed by atoms with Crippen molar-refractivity contribution in [3.63, 3.8) is 0 Å². The van der Waals surface area contributed by atoms with Crippen LogP contribution in [0.15, 0.2) is 95.8 Å². The Bertz CT molecular complexity index is 2140. The van der Waals surface area contributed by atoms with Crippen molar-refractivity contribution in [3.8, 4) is 0 Å². The summed E-state index contributed by atoms with van der Waals surface area (Å²) in [6, 6.07) is 21.1. The average Bonchev–Trinajstić information content (AvgIpc) is 3.53. The third kappa shape index (κ3) is 5.20. The summed E-state index contributed by atoms with van der Waals surface area (Å²) in [5.74, 6) is 0.406. The van der Waals surface area contributed by atoms with E-state index in [1.54, 1.807) is 0 Å². The molecule has 2 heterocycles. The van der Waals surface area contributed by atoms with Crippen molar-refractivity contribution >= 4 is 73.1 Å². The average molecular weight is 635 g/mol. The second-order valence-electron chi connectivity index (χ2n) is 12.3. The molecule has 1 N–H and O–H groups in total. The Morgan fingerprint density at radius 2 is 1.53 bits per heavy atom. The van der Waals surface area contributed by atoms with E-state index in [4.69, 9.17) is 23.2 Å². The molecule has 45 heavy (non-hydrogen) atoms. The van der Waals surface area contributed by atoms with E-state index >= 15 is 0 Å². The summed E-state index contributed by atoms with van der Waals surface area (Å²) in [5.41, 5.74) is 6.79. The number of unbranched alkanes of at least 4 members (excludes halogenated alkanes) is 2. The van der Waals surface area contributed by atoms with Crippen molar-refractivity contribution in [2.75, 3.05) is 6.54 Å². The van der Waals surface area contributed by atoms with Gasteiger partial charge in [0, 0.05) is 67.6 Å². The lowest BCUT2D eigenvalue weighted by Gasteiger charge is -2.16. The Labute approximate surface area is 275 Å². The molecule has 7 rings (SSSR count). The predicted octanol–water partition coefficient (Wildman–Crippen LogP) is 11.0. The van der Waals surface area contributed by atoms with Gasteiger partial charge >= 0.3 is 0 Å². The molecule has 1 aliphatic heterocycles. The zero-order chi connectivity index (χ0) is 31.1. The quantitative estimate of drug-likeness (QED) is 0.161. The van der Waals surface area contributed by atoms with Crippen LogP contribution in [0.1, 0.15) is 64.4 Å². The molecule has 3 nitrogen and oxygen atoms in total. The molecule has 0 unspecified atom stereocenters. The van der Waals surface area contributed by atoms with Crippen molar-refractivity contribution in [2.45, 2.75) is 65.3 Å². The summed E-state index contributed by atoms with van der Waals surface area (Å²) in [5, 5.41) is 20.1. The van der Waals surface area contributed by atoms with Crippen molar-refractivity contribution < 1.29 is 9.68 Å². The number of aliphatic hydroxyl groups is 1. The lowest BCUT2D eigenvalue weighted by atomic mass is 9.92. The number of benzene rings is 4. The van der Waals surface area contributed by atoms with Gasteiger partial charge < -0.3 is 9.67 Å². The van der Waals surface area contributed by atoms with Crippen LogP contribution in [0.25, 0.3) is 38.5 Å². The summed E-state index contributed by atoms with van der Waals surface area (Å²) in [7, 11) is 0. The Hall–Kier alpha value is -3.79. The van der Waals surface area contributed by atoms with Gasteiger partial charge in [-0.3, -0.25) is 0 Å². The molecule has 2 aliphatic rings. The molecule has 1 aliphatic carbocycles.